The molecule has 0 aromatic heterocycles. The van der Waals surface area contributed by atoms with Crippen LogP contribution >= 0.6 is 0 Å². The van der Waals surface area contributed by atoms with Crippen molar-refractivity contribution in [2.45, 2.75) is 6.42 Å². The zero-order chi connectivity index (χ0) is 15.2. The van der Waals surface area contributed by atoms with Crippen molar-refractivity contribution in [3.05, 3.63) is 47.8 Å². The van der Waals surface area contributed by atoms with Gasteiger partial charge in [0.2, 0.25) is 0 Å². The van der Waals surface area contributed by atoms with E-state index in [9.17, 15) is 4.39 Å². The monoisotopic (exact) mass is 291 g/mol. The molecule has 0 spiro atoms. The lowest BCUT2D eigenvalue weighted by molar-refractivity contribution is 0.386. The van der Waals surface area contributed by atoms with E-state index in [1.54, 1.807) is 38.5 Å². The van der Waals surface area contributed by atoms with Crippen LogP contribution in [0.5, 0.6) is 23.0 Å². The molecule has 5 heteroatoms. The van der Waals surface area contributed by atoms with Crippen molar-refractivity contribution in [2.75, 3.05) is 20.8 Å². The van der Waals surface area contributed by atoms with Gasteiger partial charge in [-0.05, 0) is 36.7 Å². The maximum absolute atomic E-state index is 13.3. The molecular weight excluding hydrogens is 273 g/mol. The third kappa shape index (κ3) is 3.86. The summed E-state index contributed by atoms with van der Waals surface area (Å²) >= 11 is 0. The topological polar surface area (TPSA) is 53.7 Å². The van der Waals surface area contributed by atoms with Crippen molar-refractivity contribution in [3.8, 4) is 23.0 Å². The van der Waals surface area contributed by atoms with Crippen molar-refractivity contribution in [3.63, 3.8) is 0 Å². The van der Waals surface area contributed by atoms with Gasteiger partial charge >= 0.3 is 0 Å². The van der Waals surface area contributed by atoms with Crippen LogP contribution < -0.4 is 19.9 Å². The zero-order valence-corrected chi connectivity index (χ0v) is 12.1. The lowest BCUT2D eigenvalue weighted by Crippen LogP contribution is -2.04. The van der Waals surface area contributed by atoms with Crippen LogP contribution in [0.3, 0.4) is 0 Å². The molecule has 0 bridgehead atoms. The summed E-state index contributed by atoms with van der Waals surface area (Å²) in [6, 6.07) is 9.59. The average molecular weight is 291 g/mol. The molecule has 4 nitrogen and oxygen atoms in total. The molecule has 0 aliphatic carbocycles. The molecule has 0 saturated carbocycles. The van der Waals surface area contributed by atoms with E-state index < -0.39 is 0 Å². The van der Waals surface area contributed by atoms with Gasteiger partial charge in [0, 0.05) is 18.2 Å². The second-order valence-electron chi connectivity index (χ2n) is 4.44. The van der Waals surface area contributed by atoms with Gasteiger partial charge in [-0.1, -0.05) is 0 Å². The normalized spacial score (nSPS) is 10.3. The summed E-state index contributed by atoms with van der Waals surface area (Å²) in [6.45, 7) is 0.418. The van der Waals surface area contributed by atoms with Crippen LogP contribution in [0.15, 0.2) is 36.4 Å². The second-order valence-corrected chi connectivity index (χ2v) is 4.44. The molecule has 112 valence electrons. The summed E-state index contributed by atoms with van der Waals surface area (Å²) in [6.07, 6.45) is 0.536. The van der Waals surface area contributed by atoms with Gasteiger partial charge in [-0.25, -0.2) is 4.39 Å². The van der Waals surface area contributed by atoms with Crippen LogP contribution in [0.1, 0.15) is 5.56 Å². The molecule has 2 aromatic rings. The average Bonchev–Trinajstić information content (AvgIpc) is 2.50. The molecule has 0 amide bonds. The minimum absolute atomic E-state index is 0.311. The molecule has 0 aliphatic heterocycles. The van der Waals surface area contributed by atoms with Crippen LogP contribution in [0.25, 0.3) is 0 Å². The van der Waals surface area contributed by atoms with Gasteiger partial charge in [0.05, 0.1) is 14.2 Å². The molecule has 2 aromatic carbocycles. The minimum Gasteiger partial charge on any atom is -0.496 e. The molecule has 21 heavy (non-hydrogen) atoms. The largest absolute Gasteiger partial charge is 0.496 e. The number of halogens is 1. The van der Waals surface area contributed by atoms with E-state index in [-0.39, 0.29) is 5.82 Å². The zero-order valence-electron chi connectivity index (χ0n) is 12.1. The summed E-state index contributed by atoms with van der Waals surface area (Å²) in [5.74, 6) is 2.04. The first-order chi connectivity index (χ1) is 10.2. The number of nitrogens with two attached hydrogens (primary N) is 1. The number of methoxy groups -OCH3 is 2. The Morgan fingerprint density at radius 3 is 2.14 bits per heavy atom. The number of rotatable bonds is 6. The Bertz CT molecular complexity index is 594. The highest BCUT2D eigenvalue weighted by Gasteiger charge is 2.09. The Morgan fingerprint density at radius 2 is 1.57 bits per heavy atom. The van der Waals surface area contributed by atoms with E-state index in [4.69, 9.17) is 19.9 Å². The lowest BCUT2D eigenvalue weighted by Gasteiger charge is -2.13. The van der Waals surface area contributed by atoms with Gasteiger partial charge in [-0.2, -0.15) is 0 Å². The van der Waals surface area contributed by atoms with Crippen LogP contribution in [0.2, 0.25) is 0 Å². The standard InChI is InChI=1S/C16H18FNO3/c1-19-13-8-14(20-2)10-15(9-13)21-16-4-3-12(17)7-11(16)5-6-18/h3-4,7-10H,5-6,18H2,1-2H3. The summed E-state index contributed by atoms with van der Waals surface area (Å²) in [5, 5.41) is 0. The predicted molar refractivity (Wildman–Crippen MR) is 78.8 cm³/mol. The van der Waals surface area contributed by atoms with Gasteiger partial charge in [0.15, 0.2) is 0 Å². The van der Waals surface area contributed by atoms with Gasteiger partial charge in [-0.3, -0.25) is 0 Å². The number of hydrogen-bond acceptors (Lipinski definition) is 4. The summed E-state index contributed by atoms with van der Waals surface area (Å²) in [4.78, 5) is 0. The maximum atomic E-state index is 13.3. The van der Waals surface area contributed by atoms with E-state index in [0.717, 1.165) is 5.56 Å². The number of ether oxygens (including phenoxy) is 3. The minimum atomic E-state index is -0.311. The molecule has 0 unspecified atom stereocenters. The fraction of sp³-hybridized carbons (Fsp3) is 0.250. The first-order valence-electron chi connectivity index (χ1n) is 6.55. The Balaban J connectivity index is 2.33. The van der Waals surface area contributed by atoms with Crippen molar-refractivity contribution in [2.24, 2.45) is 5.73 Å². The van der Waals surface area contributed by atoms with E-state index in [0.29, 0.717) is 36.0 Å². The Kier molecular flexibility index (Phi) is 5.00. The summed E-state index contributed by atoms with van der Waals surface area (Å²) in [5.41, 5.74) is 6.27. The molecule has 0 heterocycles. The Labute approximate surface area is 123 Å². The fourth-order valence-electron chi connectivity index (χ4n) is 1.97. The smallest absolute Gasteiger partial charge is 0.134 e. The van der Waals surface area contributed by atoms with E-state index >= 15 is 0 Å². The first kappa shape index (κ1) is 15.1. The van der Waals surface area contributed by atoms with Crippen molar-refractivity contribution in [1.29, 1.82) is 0 Å². The number of benzene rings is 2. The Hall–Kier alpha value is -2.27. The van der Waals surface area contributed by atoms with Gasteiger partial charge in [0.1, 0.15) is 28.8 Å². The molecular formula is C16H18FNO3. The van der Waals surface area contributed by atoms with Crippen LogP contribution in [-0.4, -0.2) is 20.8 Å². The van der Waals surface area contributed by atoms with E-state index in [2.05, 4.69) is 0 Å². The van der Waals surface area contributed by atoms with Gasteiger partial charge < -0.3 is 19.9 Å². The van der Waals surface area contributed by atoms with Gasteiger partial charge in [-0.15, -0.1) is 0 Å². The van der Waals surface area contributed by atoms with E-state index in [1.165, 1.54) is 12.1 Å². The van der Waals surface area contributed by atoms with Crippen LogP contribution in [-0.2, 0) is 6.42 Å². The molecule has 0 aliphatic rings. The molecule has 2 rings (SSSR count). The second kappa shape index (κ2) is 6.95. The predicted octanol–water partition coefficient (Wildman–Crippen LogP) is 3.14. The summed E-state index contributed by atoms with van der Waals surface area (Å²) in [7, 11) is 3.13. The molecule has 0 radical (unpaired) electrons. The highest BCUT2D eigenvalue weighted by Crippen LogP contribution is 2.32. The molecule has 0 saturated heterocycles. The molecule has 0 fully saturated rings. The maximum Gasteiger partial charge on any atom is 0.134 e. The molecule has 0 atom stereocenters. The highest BCUT2D eigenvalue weighted by atomic mass is 19.1. The quantitative estimate of drug-likeness (QED) is 0.888. The summed E-state index contributed by atoms with van der Waals surface area (Å²) < 4.78 is 29.5. The fourth-order valence-corrected chi connectivity index (χ4v) is 1.97. The SMILES string of the molecule is COc1cc(OC)cc(Oc2ccc(F)cc2CCN)c1. The number of hydrogen-bond donors (Lipinski definition) is 1. The van der Waals surface area contributed by atoms with Crippen LogP contribution in [0.4, 0.5) is 4.39 Å². The van der Waals surface area contributed by atoms with Crippen molar-refractivity contribution >= 4 is 0 Å². The molecule has 2 N–H and O–H groups in total. The van der Waals surface area contributed by atoms with Crippen molar-refractivity contribution < 1.29 is 18.6 Å². The Morgan fingerprint density at radius 1 is 0.952 bits per heavy atom. The van der Waals surface area contributed by atoms with Crippen molar-refractivity contribution in [1.82, 2.24) is 0 Å². The highest BCUT2D eigenvalue weighted by molar-refractivity contribution is 5.45. The third-order valence-corrected chi connectivity index (χ3v) is 2.99. The lowest BCUT2D eigenvalue weighted by atomic mass is 10.1. The van der Waals surface area contributed by atoms with E-state index in [1.807, 2.05) is 0 Å². The third-order valence-electron chi connectivity index (χ3n) is 2.99. The van der Waals surface area contributed by atoms with Gasteiger partial charge in [0.25, 0.3) is 0 Å². The first-order valence-corrected chi connectivity index (χ1v) is 6.55. The van der Waals surface area contributed by atoms with Crippen LogP contribution in [0, 0.1) is 5.82 Å².